The third-order valence-corrected chi connectivity index (χ3v) is 4.11. The fourth-order valence-electron chi connectivity index (χ4n) is 2.95. The maximum absolute atomic E-state index is 12.5. The highest BCUT2D eigenvalue weighted by Gasteiger charge is 2.18. The lowest BCUT2D eigenvalue weighted by molar-refractivity contribution is 0.103. The molecule has 2 aromatic rings. The van der Waals surface area contributed by atoms with E-state index < -0.39 is 0 Å². The lowest BCUT2D eigenvalue weighted by Gasteiger charge is -2.30. The van der Waals surface area contributed by atoms with Crippen LogP contribution in [0.1, 0.15) is 34.8 Å². The van der Waals surface area contributed by atoms with Gasteiger partial charge in [-0.05, 0) is 67.8 Å². The van der Waals surface area contributed by atoms with Crippen LogP contribution in [-0.4, -0.2) is 18.9 Å². The Bertz CT molecular complexity index is 661. The number of fused-ring (bicyclic) bond motifs is 1. The number of benzene rings is 2. The zero-order chi connectivity index (χ0) is 14.8. The summed E-state index contributed by atoms with van der Waals surface area (Å²) in [5.74, 6) is 0.0615. The van der Waals surface area contributed by atoms with E-state index in [4.69, 9.17) is 5.73 Å². The Balaban J connectivity index is 1.93. The van der Waals surface area contributed by atoms with Gasteiger partial charge in [-0.15, -0.1) is 0 Å². The van der Waals surface area contributed by atoms with Gasteiger partial charge < -0.3 is 10.6 Å². The van der Waals surface area contributed by atoms with Gasteiger partial charge in [0.1, 0.15) is 0 Å². The first kappa shape index (κ1) is 13.7. The van der Waals surface area contributed by atoms with E-state index in [-0.39, 0.29) is 5.78 Å². The molecular weight excluding hydrogens is 260 g/mol. The molecule has 0 bridgehead atoms. The van der Waals surface area contributed by atoms with E-state index >= 15 is 0 Å². The van der Waals surface area contributed by atoms with Crippen molar-refractivity contribution in [2.45, 2.75) is 19.8 Å². The lowest BCUT2D eigenvalue weighted by Crippen LogP contribution is -2.29. The number of anilines is 2. The molecule has 0 spiro atoms. The van der Waals surface area contributed by atoms with Gasteiger partial charge in [-0.1, -0.05) is 0 Å². The van der Waals surface area contributed by atoms with Crippen LogP contribution in [0, 0.1) is 0 Å². The zero-order valence-corrected chi connectivity index (χ0v) is 12.3. The molecule has 0 radical (unpaired) electrons. The van der Waals surface area contributed by atoms with Crippen molar-refractivity contribution in [1.82, 2.24) is 0 Å². The minimum Gasteiger partial charge on any atom is -0.399 e. The number of aryl methyl sites for hydroxylation is 1. The van der Waals surface area contributed by atoms with Crippen LogP contribution in [0.15, 0.2) is 42.5 Å². The number of hydrogen-bond donors (Lipinski definition) is 1. The average molecular weight is 280 g/mol. The minimum atomic E-state index is 0.0615. The predicted octanol–water partition coefficient (Wildman–Crippen LogP) is 3.27. The molecule has 0 unspecified atom stereocenters. The Labute approximate surface area is 125 Å². The van der Waals surface area contributed by atoms with Gasteiger partial charge in [-0.2, -0.15) is 0 Å². The number of rotatable bonds is 3. The van der Waals surface area contributed by atoms with Gasteiger partial charge in [-0.25, -0.2) is 0 Å². The van der Waals surface area contributed by atoms with Crippen molar-refractivity contribution in [2.24, 2.45) is 0 Å². The van der Waals surface area contributed by atoms with Crippen molar-refractivity contribution in [3.8, 4) is 0 Å². The van der Waals surface area contributed by atoms with E-state index in [2.05, 4.69) is 24.0 Å². The average Bonchev–Trinajstić information content (AvgIpc) is 2.53. The van der Waals surface area contributed by atoms with E-state index in [9.17, 15) is 4.79 Å². The molecule has 3 heteroatoms. The summed E-state index contributed by atoms with van der Waals surface area (Å²) < 4.78 is 0. The Morgan fingerprint density at radius 1 is 1.14 bits per heavy atom. The highest BCUT2D eigenvalue weighted by Crippen LogP contribution is 2.28. The third kappa shape index (κ3) is 2.64. The van der Waals surface area contributed by atoms with Gasteiger partial charge in [0.05, 0.1) is 0 Å². The predicted molar refractivity (Wildman–Crippen MR) is 86.9 cm³/mol. The number of nitrogens with zero attached hydrogens (tertiary/aromatic N) is 1. The first-order valence-electron chi connectivity index (χ1n) is 7.47. The van der Waals surface area contributed by atoms with Crippen LogP contribution in [0.4, 0.5) is 11.4 Å². The number of carbonyl (C=O) groups excluding carboxylic acids is 1. The van der Waals surface area contributed by atoms with Crippen LogP contribution in [0.25, 0.3) is 0 Å². The van der Waals surface area contributed by atoms with Crippen molar-refractivity contribution in [3.63, 3.8) is 0 Å². The van der Waals surface area contributed by atoms with Crippen LogP contribution < -0.4 is 10.6 Å². The minimum absolute atomic E-state index is 0.0615. The molecule has 0 atom stereocenters. The summed E-state index contributed by atoms with van der Waals surface area (Å²) in [5, 5.41) is 0. The molecule has 0 amide bonds. The molecular formula is C18H20N2O. The Hall–Kier alpha value is -2.29. The summed E-state index contributed by atoms with van der Waals surface area (Å²) in [6.45, 7) is 4.29. The molecule has 2 aromatic carbocycles. The summed E-state index contributed by atoms with van der Waals surface area (Å²) in [5.41, 5.74) is 10.4. The lowest BCUT2D eigenvalue weighted by atomic mass is 9.95. The third-order valence-electron chi connectivity index (χ3n) is 4.11. The second-order valence-corrected chi connectivity index (χ2v) is 5.48. The van der Waals surface area contributed by atoms with Crippen LogP contribution in [0.3, 0.4) is 0 Å². The molecule has 0 saturated heterocycles. The summed E-state index contributed by atoms with van der Waals surface area (Å²) in [6, 6.07) is 13.2. The summed E-state index contributed by atoms with van der Waals surface area (Å²) in [7, 11) is 0. The molecule has 3 nitrogen and oxygen atoms in total. The SMILES string of the molecule is CCN1CCCc2cc(C(=O)c3ccc(N)cc3)ccc21. The maximum Gasteiger partial charge on any atom is 0.193 e. The Kier molecular flexibility index (Phi) is 3.65. The number of nitrogens with two attached hydrogens (primary N) is 1. The number of ketones is 1. The van der Waals surface area contributed by atoms with Gasteiger partial charge in [0, 0.05) is 35.6 Å². The van der Waals surface area contributed by atoms with Gasteiger partial charge in [-0.3, -0.25) is 4.79 Å². The molecule has 0 aliphatic carbocycles. The first-order valence-corrected chi connectivity index (χ1v) is 7.47. The van der Waals surface area contributed by atoms with Crippen molar-refractivity contribution < 1.29 is 4.79 Å². The van der Waals surface area contributed by atoms with Crippen LogP contribution >= 0.6 is 0 Å². The second-order valence-electron chi connectivity index (χ2n) is 5.48. The molecule has 108 valence electrons. The van der Waals surface area contributed by atoms with Crippen molar-refractivity contribution in [3.05, 3.63) is 59.2 Å². The molecule has 1 aliphatic heterocycles. The molecule has 21 heavy (non-hydrogen) atoms. The summed E-state index contributed by atoms with van der Waals surface area (Å²) in [4.78, 5) is 14.9. The first-order chi connectivity index (χ1) is 10.2. The number of nitrogen functional groups attached to an aromatic ring is 1. The Morgan fingerprint density at radius 2 is 1.86 bits per heavy atom. The second kappa shape index (κ2) is 5.60. The van der Waals surface area contributed by atoms with E-state index in [0.717, 1.165) is 31.5 Å². The number of carbonyl (C=O) groups is 1. The normalized spacial score (nSPS) is 13.9. The fraction of sp³-hybridized carbons (Fsp3) is 0.278. The van der Waals surface area contributed by atoms with Gasteiger partial charge in [0.2, 0.25) is 0 Å². The van der Waals surface area contributed by atoms with E-state index in [0.29, 0.717) is 11.3 Å². The summed E-state index contributed by atoms with van der Waals surface area (Å²) in [6.07, 6.45) is 2.20. The molecule has 3 rings (SSSR count). The van der Waals surface area contributed by atoms with Crippen molar-refractivity contribution in [1.29, 1.82) is 0 Å². The molecule has 0 saturated carbocycles. The van der Waals surface area contributed by atoms with Crippen molar-refractivity contribution in [2.75, 3.05) is 23.7 Å². The van der Waals surface area contributed by atoms with Gasteiger partial charge >= 0.3 is 0 Å². The zero-order valence-electron chi connectivity index (χ0n) is 12.3. The number of hydrogen-bond acceptors (Lipinski definition) is 3. The quantitative estimate of drug-likeness (QED) is 0.693. The molecule has 2 N–H and O–H groups in total. The molecule has 1 heterocycles. The van der Waals surface area contributed by atoms with Crippen LogP contribution in [0.2, 0.25) is 0 Å². The highest BCUT2D eigenvalue weighted by molar-refractivity contribution is 6.09. The largest absolute Gasteiger partial charge is 0.399 e. The topological polar surface area (TPSA) is 46.3 Å². The highest BCUT2D eigenvalue weighted by atomic mass is 16.1. The smallest absolute Gasteiger partial charge is 0.193 e. The van der Waals surface area contributed by atoms with Crippen LogP contribution in [-0.2, 0) is 6.42 Å². The monoisotopic (exact) mass is 280 g/mol. The van der Waals surface area contributed by atoms with E-state index in [1.54, 1.807) is 24.3 Å². The van der Waals surface area contributed by atoms with Crippen molar-refractivity contribution >= 4 is 17.2 Å². The molecule has 0 aromatic heterocycles. The molecule has 1 aliphatic rings. The standard InChI is InChI=1S/C18H20N2O/c1-2-20-11-3-4-14-12-15(7-10-17(14)20)18(21)13-5-8-16(19)9-6-13/h5-10,12H,2-4,11,19H2,1H3. The van der Waals surface area contributed by atoms with E-state index in [1.807, 2.05) is 6.07 Å². The van der Waals surface area contributed by atoms with Crippen LogP contribution in [0.5, 0.6) is 0 Å². The Morgan fingerprint density at radius 3 is 2.57 bits per heavy atom. The molecule has 0 fully saturated rings. The summed E-state index contributed by atoms with van der Waals surface area (Å²) >= 11 is 0. The van der Waals surface area contributed by atoms with Gasteiger partial charge in [0.15, 0.2) is 5.78 Å². The van der Waals surface area contributed by atoms with E-state index in [1.165, 1.54) is 11.3 Å². The fourth-order valence-corrected chi connectivity index (χ4v) is 2.95. The maximum atomic E-state index is 12.5. The van der Waals surface area contributed by atoms with Gasteiger partial charge in [0.25, 0.3) is 0 Å².